The van der Waals surface area contributed by atoms with Gasteiger partial charge in [-0.3, -0.25) is 0 Å². The van der Waals surface area contributed by atoms with Crippen LogP contribution in [0.15, 0.2) is 6.20 Å². The molecule has 5 heteroatoms. The maximum atomic E-state index is 5.73. The van der Waals surface area contributed by atoms with Gasteiger partial charge in [-0.25, -0.2) is 4.98 Å². The van der Waals surface area contributed by atoms with Crippen molar-refractivity contribution in [3.05, 3.63) is 16.1 Å². The summed E-state index contributed by atoms with van der Waals surface area (Å²) in [6, 6.07) is 0. The lowest BCUT2D eigenvalue weighted by atomic mass is 9.98. The zero-order valence-corrected chi connectivity index (χ0v) is 13.2. The molecule has 1 N–H and O–H groups in total. The Morgan fingerprint density at radius 1 is 1.53 bits per heavy atom. The molecule has 0 unspecified atom stereocenters. The molecular weight excluding hydrogens is 258 g/mol. The Hall–Kier alpha value is -0.490. The van der Waals surface area contributed by atoms with E-state index in [0.717, 1.165) is 32.8 Å². The predicted octanol–water partition coefficient (Wildman–Crippen LogP) is 1.86. The molecule has 0 amide bonds. The highest BCUT2D eigenvalue weighted by atomic mass is 32.1. The van der Waals surface area contributed by atoms with E-state index >= 15 is 0 Å². The van der Waals surface area contributed by atoms with Crippen molar-refractivity contribution < 1.29 is 4.74 Å². The van der Waals surface area contributed by atoms with Crippen LogP contribution >= 0.6 is 11.3 Å². The fraction of sp³-hybridized carbons (Fsp3) is 0.786. The summed E-state index contributed by atoms with van der Waals surface area (Å²) in [4.78, 5) is 8.12. The van der Waals surface area contributed by atoms with Gasteiger partial charge in [0.25, 0.3) is 0 Å². The van der Waals surface area contributed by atoms with Crippen LogP contribution in [-0.4, -0.2) is 49.3 Å². The van der Waals surface area contributed by atoms with Gasteiger partial charge in [-0.1, -0.05) is 20.8 Å². The van der Waals surface area contributed by atoms with Crippen molar-refractivity contribution >= 4 is 11.3 Å². The molecule has 2 rings (SSSR count). The standard InChI is InChI=1S/C14H25N3OS/c1-14(2,3)13-16-9-12(19-13)8-15-7-11-10-17(4)5-6-18-11/h9,11,15H,5-8,10H2,1-4H3/t11-/m1/s1. The molecule has 2 heterocycles. The van der Waals surface area contributed by atoms with Gasteiger partial charge in [0.15, 0.2) is 0 Å². The third-order valence-corrected chi connectivity index (χ3v) is 4.63. The van der Waals surface area contributed by atoms with Crippen molar-refractivity contribution in [1.82, 2.24) is 15.2 Å². The molecule has 1 saturated heterocycles. The second kappa shape index (κ2) is 6.31. The first kappa shape index (κ1) is 14.9. The van der Waals surface area contributed by atoms with Crippen LogP contribution in [0, 0.1) is 0 Å². The minimum atomic E-state index is 0.151. The van der Waals surface area contributed by atoms with Crippen LogP contribution in [0.3, 0.4) is 0 Å². The van der Waals surface area contributed by atoms with Crippen molar-refractivity contribution in [3.63, 3.8) is 0 Å². The molecule has 1 aromatic heterocycles. The third kappa shape index (κ3) is 4.53. The van der Waals surface area contributed by atoms with Gasteiger partial charge in [-0.05, 0) is 7.05 Å². The zero-order valence-electron chi connectivity index (χ0n) is 12.4. The van der Waals surface area contributed by atoms with Gasteiger partial charge in [0.05, 0.1) is 17.7 Å². The molecule has 108 valence electrons. The summed E-state index contributed by atoms with van der Waals surface area (Å²) in [5.41, 5.74) is 0.151. The van der Waals surface area contributed by atoms with Crippen molar-refractivity contribution in [2.24, 2.45) is 0 Å². The van der Waals surface area contributed by atoms with E-state index in [1.54, 1.807) is 11.3 Å². The molecule has 1 aliphatic heterocycles. The molecule has 19 heavy (non-hydrogen) atoms. The number of morpholine rings is 1. The van der Waals surface area contributed by atoms with E-state index in [0.29, 0.717) is 6.10 Å². The fourth-order valence-electron chi connectivity index (χ4n) is 2.08. The number of rotatable bonds is 4. The van der Waals surface area contributed by atoms with Crippen LogP contribution in [-0.2, 0) is 16.7 Å². The lowest BCUT2D eigenvalue weighted by Crippen LogP contribution is -2.44. The van der Waals surface area contributed by atoms with Crippen molar-refractivity contribution in [2.45, 2.75) is 38.8 Å². The molecule has 0 bridgehead atoms. The topological polar surface area (TPSA) is 37.4 Å². The number of hydrogen-bond donors (Lipinski definition) is 1. The number of nitrogens with zero attached hydrogens (tertiary/aromatic N) is 2. The Balaban J connectivity index is 1.75. The quantitative estimate of drug-likeness (QED) is 0.915. The Morgan fingerprint density at radius 2 is 2.32 bits per heavy atom. The molecule has 0 aliphatic carbocycles. The van der Waals surface area contributed by atoms with E-state index in [1.807, 2.05) is 6.20 Å². The largest absolute Gasteiger partial charge is 0.374 e. The highest BCUT2D eigenvalue weighted by Gasteiger charge is 2.19. The number of thiazole rings is 1. The van der Waals surface area contributed by atoms with Gasteiger partial charge in [0, 0.05) is 42.7 Å². The van der Waals surface area contributed by atoms with E-state index in [-0.39, 0.29) is 5.41 Å². The van der Waals surface area contributed by atoms with Crippen LogP contribution < -0.4 is 5.32 Å². The number of aromatic nitrogens is 1. The highest BCUT2D eigenvalue weighted by molar-refractivity contribution is 7.11. The van der Waals surface area contributed by atoms with Gasteiger partial charge in [0.1, 0.15) is 0 Å². The third-order valence-electron chi connectivity index (χ3n) is 3.21. The second-order valence-corrected chi connectivity index (χ2v) is 7.38. The van der Waals surface area contributed by atoms with Gasteiger partial charge in [-0.15, -0.1) is 11.3 Å². The lowest BCUT2D eigenvalue weighted by molar-refractivity contribution is -0.0181. The summed E-state index contributed by atoms with van der Waals surface area (Å²) in [5.74, 6) is 0. The molecule has 0 aromatic carbocycles. The number of hydrogen-bond acceptors (Lipinski definition) is 5. The van der Waals surface area contributed by atoms with Crippen LogP contribution in [0.2, 0.25) is 0 Å². The summed E-state index contributed by atoms with van der Waals surface area (Å²) in [6.45, 7) is 11.3. The van der Waals surface area contributed by atoms with Crippen LogP contribution in [0.25, 0.3) is 0 Å². The molecule has 1 aliphatic rings. The lowest BCUT2D eigenvalue weighted by Gasteiger charge is -2.30. The molecule has 1 atom stereocenters. The number of nitrogens with one attached hydrogen (secondary N) is 1. The maximum absolute atomic E-state index is 5.73. The monoisotopic (exact) mass is 283 g/mol. The summed E-state index contributed by atoms with van der Waals surface area (Å²) < 4.78 is 5.73. The van der Waals surface area contributed by atoms with E-state index in [2.05, 4.69) is 43.0 Å². The van der Waals surface area contributed by atoms with E-state index in [4.69, 9.17) is 4.74 Å². The van der Waals surface area contributed by atoms with Gasteiger partial charge in [-0.2, -0.15) is 0 Å². The smallest absolute Gasteiger partial charge is 0.0981 e. The molecule has 1 aromatic rings. The zero-order chi connectivity index (χ0) is 13.9. The van der Waals surface area contributed by atoms with Crippen LogP contribution in [0.1, 0.15) is 30.7 Å². The minimum Gasteiger partial charge on any atom is -0.374 e. The van der Waals surface area contributed by atoms with Crippen LogP contribution in [0.4, 0.5) is 0 Å². The van der Waals surface area contributed by atoms with E-state index in [1.165, 1.54) is 9.88 Å². The molecule has 0 radical (unpaired) electrons. The van der Waals surface area contributed by atoms with Gasteiger partial charge < -0.3 is 15.0 Å². The fourth-order valence-corrected chi connectivity index (χ4v) is 3.02. The Morgan fingerprint density at radius 3 is 2.95 bits per heavy atom. The van der Waals surface area contributed by atoms with Gasteiger partial charge in [0.2, 0.25) is 0 Å². The normalized spacial score (nSPS) is 21.8. The molecule has 0 saturated carbocycles. The molecular formula is C14H25N3OS. The predicted molar refractivity (Wildman–Crippen MR) is 79.8 cm³/mol. The van der Waals surface area contributed by atoms with Crippen molar-refractivity contribution in [2.75, 3.05) is 33.3 Å². The summed E-state index contributed by atoms with van der Waals surface area (Å²) in [5, 5.41) is 4.68. The first-order chi connectivity index (χ1) is 8.95. The Labute approximate surface area is 120 Å². The van der Waals surface area contributed by atoms with E-state index < -0.39 is 0 Å². The first-order valence-corrected chi connectivity index (χ1v) is 7.73. The molecule has 0 spiro atoms. The summed E-state index contributed by atoms with van der Waals surface area (Å²) in [7, 11) is 2.15. The number of ether oxygens (including phenoxy) is 1. The van der Waals surface area contributed by atoms with Gasteiger partial charge >= 0.3 is 0 Å². The van der Waals surface area contributed by atoms with Crippen LogP contribution in [0.5, 0.6) is 0 Å². The average molecular weight is 283 g/mol. The van der Waals surface area contributed by atoms with Crippen molar-refractivity contribution in [3.8, 4) is 0 Å². The minimum absolute atomic E-state index is 0.151. The number of likely N-dealkylation sites (N-methyl/N-ethyl adjacent to an activating group) is 1. The Bertz CT molecular complexity index is 400. The average Bonchev–Trinajstić information content (AvgIpc) is 2.77. The Kier molecular flexibility index (Phi) is 4.95. The second-order valence-electron chi connectivity index (χ2n) is 6.27. The highest BCUT2D eigenvalue weighted by Crippen LogP contribution is 2.26. The summed E-state index contributed by atoms with van der Waals surface area (Å²) >= 11 is 1.80. The molecule has 1 fully saturated rings. The first-order valence-electron chi connectivity index (χ1n) is 6.91. The maximum Gasteiger partial charge on any atom is 0.0981 e. The SMILES string of the molecule is CN1CCO[C@H](CNCc2cnc(C(C)(C)C)s2)C1. The van der Waals surface area contributed by atoms with E-state index in [9.17, 15) is 0 Å². The molecule has 4 nitrogen and oxygen atoms in total. The van der Waals surface area contributed by atoms with Crippen molar-refractivity contribution in [1.29, 1.82) is 0 Å². The summed E-state index contributed by atoms with van der Waals surface area (Å²) in [6.07, 6.45) is 2.31.